The molecule has 2 heterocycles. The van der Waals surface area contributed by atoms with Gasteiger partial charge in [0.15, 0.2) is 11.6 Å². The third kappa shape index (κ3) is 2.88. The lowest BCUT2D eigenvalue weighted by Crippen LogP contribution is -2.21. The van der Waals surface area contributed by atoms with Crippen LogP contribution < -0.4 is 5.62 Å². The van der Waals surface area contributed by atoms with E-state index < -0.39 is 11.6 Å². The Labute approximate surface area is 181 Å². The van der Waals surface area contributed by atoms with Crippen LogP contribution in [-0.2, 0) is 7.05 Å². The van der Waals surface area contributed by atoms with Gasteiger partial charge in [-0.3, -0.25) is 15.0 Å². The molecule has 5 aromatic rings. The molecule has 156 valence electrons. The van der Waals surface area contributed by atoms with Crippen LogP contribution in [0.1, 0.15) is 11.1 Å². The molecule has 0 saturated heterocycles. The number of hydrogen-bond donors (Lipinski definition) is 1. The first kappa shape index (κ1) is 19.6. The maximum Gasteiger partial charge on any atom is 0.207 e. The fraction of sp³-hybridized carbons (Fsp3) is 0.0800. The number of nitrogens with one attached hydrogen (secondary N) is 1. The standard InChI is InChI=1S/C25H17F2N5/c1-14-3-4-15(12-28)9-22(14)32-24-18-10-16(17-5-7-19(26)20(27)11-17)6-8-21(18)30-13-23(24)31(2)25(32)29/h3-11,13,29H,1-2H3. The fourth-order valence-corrected chi connectivity index (χ4v) is 4.03. The minimum Gasteiger partial charge on any atom is -0.312 e. The van der Waals surface area contributed by atoms with Gasteiger partial charge in [0.05, 0.1) is 40.1 Å². The summed E-state index contributed by atoms with van der Waals surface area (Å²) in [5.41, 5.74) is 5.81. The molecule has 0 saturated carbocycles. The average Bonchev–Trinajstić information content (AvgIpc) is 3.06. The van der Waals surface area contributed by atoms with E-state index in [1.165, 1.54) is 12.1 Å². The second-order valence-corrected chi connectivity index (χ2v) is 7.68. The van der Waals surface area contributed by atoms with E-state index in [0.717, 1.165) is 33.7 Å². The molecule has 1 N–H and O–H groups in total. The van der Waals surface area contributed by atoms with Crippen molar-refractivity contribution in [2.45, 2.75) is 6.92 Å². The van der Waals surface area contributed by atoms with Gasteiger partial charge in [0.25, 0.3) is 0 Å². The van der Waals surface area contributed by atoms with Crippen LogP contribution in [0.25, 0.3) is 38.8 Å². The van der Waals surface area contributed by atoms with Crippen molar-refractivity contribution in [3.63, 3.8) is 0 Å². The molecule has 3 aromatic carbocycles. The molecule has 0 unspecified atom stereocenters. The molecule has 7 heteroatoms. The molecule has 0 amide bonds. The van der Waals surface area contributed by atoms with Crippen molar-refractivity contribution >= 4 is 21.9 Å². The van der Waals surface area contributed by atoms with Crippen molar-refractivity contribution in [2.24, 2.45) is 7.05 Å². The van der Waals surface area contributed by atoms with Crippen LogP contribution in [0.2, 0.25) is 0 Å². The van der Waals surface area contributed by atoms with E-state index in [0.29, 0.717) is 22.2 Å². The topological polar surface area (TPSA) is 70.4 Å². The summed E-state index contributed by atoms with van der Waals surface area (Å²) < 4.78 is 30.8. The molecule has 5 nitrogen and oxygen atoms in total. The van der Waals surface area contributed by atoms with Gasteiger partial charge in [0.2, 0.25) is 5.62 Å². The number of fused-ring (bicyclic) bond motifs is 3. The van der Waals surface area contributed by atoms with E-state index >= 15 is 0 Å². The Balaban J connectivity index is 1.89. The highest BCUT2D eigenvalue weighted by Crippen LogP contribution is 2.31. The Morgan fingerprint density at radius 3 is 2.47 bits per heavy atom. The van der Waals surface area contributed by atoms with Gasteiger partial charge in [-0.15, -0.1) is 0 Å². The highest BCUT2D eigenvalue weighted by Gasteiger charge is 2.17. The maximum absolute atomic E-state index is 13.8. The summed E-state index contributed by atoms with van der Waals surface area (Å²) in [4.78, 5) is 4.54. The average molecular weight is 425 g/mol. The summed E-state index contributed by atoms with van der Waals surface area (Å²) in [6.07, 6.45) is 1.72. The molecule has 0 fully saturated rings. The minimum atomic E-state index is -0.911. The number of nitrogens with zero attached hydrogens (tertiary/aromatic N) is 4. The van der Waals surface area contributed by atoms with E-state index in [-0.39, 0.29) is 5.62 Å². The van der Waals surface area contributed by atoms with Gasteiger partial charge < -0.3 is 4.57 Å². The van der Waals surface area contributed by atoms with Crippen molar-refractivity contribution in [2.75, 3.05) is 0 Å². The summed E-state index contributed by atoms with van der Waals surface area (Å²) in [6.45, 7) is 1.93. The number of rotatable bonds is 2. The van der Waals surface area contributed by atoms with Crippen molar-refractivity contribution in [3.05, 3.63) is 89.2 Å². The van der Waals surface area contributed by atoms with E-state index in [1.807, 2.05) is 31.2 Å². The fourth-order valence-electron chi connectivity index (χ4n) is 4.03. The number of pyridine rings is 1. The lowest BCUT2D eigenvalue weighted by molar-refractivity contribution is 0.509. The van der Waals surface area contributed by atoms with Crippen molar-refractivity contribution in [1.82, 2.24) is 14.1 Å². The number of nitriles is 1. The number of aryl methyl sites for hydroxylation is 2. The SMILES string of the molecule is Cc1ccc(C#N)cc1-n1c(=N)n(C)c2cnc3ccc(-c4ccc(F)c(F)c4)cc3c21. The van der Waals surface area contributed by atoms with Gasteiger partial charge >= 0.3 is 0 Å². The van der Waals surface area contributed by atoms with Crippen LogP contribution in [0.15, 0.2) is 60.8 Å². The predicted octanol–water partition coefficient (Wildman–Crippen LogP) is 5.12. The summed E-state index contributed by atoms with van der Waals surface area (Å²) in [6, 6.07) is 16.8. The third-order valence-corrected chi connectivity index (χ3v) is 5.77. The zero-order valence-corrected chi connectivity index (χ0v) is 17.3. The number of hydrogen-bond acceptors (Lipinski definition) is 3. The smallest absolute Gasteiger partial charge is 0.207 e. The number of aromatic nitrogens is 3. The van der Waals surface area contributed by atoms with Gasteiger partial charge in [0.1, 0.15) is 0 Å². The van der Waals surface area contributed by atoms with Crippen molar-refractivity contribution < 1.29 is 8.78 Å². The number of halogens is 2. The molecule has 0 bridgehead atoms. The summed E-state index contributed by atoms with van der Waals surface area (Å²) in [5, 5.41) is 18.9. The van der Waals surface area contributed by atoms with Crippen LogP contribution in [0, 0.1) is 35.3 Å². The monoisotopic (exact) mass is 425 g/mol. The molecule has 2 aromatic heterocycles. The van der Waals surface area contributed by atoms with Crippen molar-refractivity contribution in [3.8, 4) is 22.9 Å². The van der Waals surface area contributed by atoms with Crippen molar-refractivity contribution in [1.29, 1.82) is 10.7 Å². The Bertz CT molecular complexity index is 1650. The number of imidazole rings is 1. The maximum atomic E-state index is 13.8. The summed E-state index contributed by atoms with van der Waals surface area (Å²) in [7, 11) is 1.79. The molecule has 0 aliphatic rings. The normalized spacial score (nSPS) is 11.2. The zero-order chi connectivity index (χ0) is 22.6. The van der Waals surface area contributed by atoms with Gasteiger partial charge in [-0.1, -0.05) is 18.2 Å². The predicted molar refractivity (Wildman–Crippen MR) is 118 cm³/mol. The highest BCUT2D eigenvalue weighted by atomic mass is 19.2. The first-order chi connectivity index (χ1) is 15.4. The largest absolute Gasteiger partial charge is 0.312 e. The van der Waals surface area contributed by atoms with Gasteiger partial charge in [-0.2, -0.15) is 5.26 Å². The third-order valence-electron chi connectivity index (χ3n) is 5.77. The second-order valence-electron chi connectivity index (χ2n) is 7.68. The molecule has 0 spiro atoms. The highest BCUT2D eigenvalue weighted by molar-refractivity contribution is 6.04. The van der Waals surface area contributed by atoms with Crippen LogP contribution in [0.4, 0.5) is 8.78 Å². The van der Waals surface area contributed by atoms with Crippen LogP contribution in [0.3, 0.4) is 0 Å². The Morgan fingerprint density at radius 2 is 1.72 bits per heavy atom. The van der Waals surface area contributed by atoms with Gasteiger partial charge in [-0.25, -0.2) is 8.78 Å². The first-order valence-corrected chi connectivity index (χ1v) is 9.90. The zero-order valence-electron chi connectivity index (χ0n) is 17.3. The van der Waals surface area contributed by atoms with Crippen LogP contribution in [-0.4, -0.2) is 14.1 Å². The Hall–Kier alpha value is -4.31. The molecular weight excluding hydrogens is 408 g/mol. The van der Waals surface area contributed by atoms with E-state index in [2.05, 4.69) is 11.1 Å². The summed E-state index contributed by atoms with van der Waals surface area (Å²) in [5.74, 6) is -1.81. The Morgan fingerprint density at radius 1 is 0.969 bits per heavy atom. The van der Waals surface area contributed by atoms with E-state index in [1.54, 1.807) is 34.5 Å². The second kappa shape index (κ2) is 7.13. The molecule has 0 aliphatic heterocycles. The summed E-state index contributed by atoms with van der Waals surface area (Å²) >= 11 is 0. The molecule has 32 heavy (non-hydrogen) atoms. The minimum absolute atomic E-state index is 0.228. The van der Waals surface area contributed by atoms with E-state index in [4.69, 9.17) is 5.41 Å². The van der Waals surface area contributed by atoms with Crippen LogP contribution in [0.5, 0.6) is 0 Å². The van der Waals surface area contributed by atoms with Gasteiger partial charge in [-0.05, 0) is 60.0 Å². The van der Waals surface area contributed by atoms with Gasteiger partial charge in [0, 0.05) is 12.4 Å². The lowest BCUT2D eigenvalue weighted by atomic mass is 10.0. The molecule has 0 radical (unpaired) electrons. The molecular formula is C25H17F2N5. The number of benzene rings is 3. The molecule has 0 atom stereocenters. The molecule has 0 aliphatic carbocycles. The Kier molecular flexibility index (Phi) is 4.38. The molecule has 5 rings (SSSR count). The van der Waals surface area contributed by atoms with E-state index in [9.17, 15) is 14.0 Å². The lowest BCUT2D eigenvalue weighted by Gasteiger charge is -2.11. The quantitative estimate of drug-likeness (QED) is 0.426. The first-order valence-electron chi connectivity index (χ1n) is 9.90. The van der Waals surface area contributed by atoms with Crippen LogP contribution >= 0.6 is 0 Å².